The summed E-state index contributed by atoms with van der Waals surface area (Å²) in [5, 5.41) is 21.1. The van der Waals surface area contributed by atoms with Crippen LogP contribution < -0.4 is 32.1 Å². The summed E-state index contributed by atoms with van der Waals surface area (Å²) in [5.41, 5.74) is -0.886. The van der Waals surface area contributed by atoms with Gasteiger partial charge in [0, 0.05) is 29.5 Å². The number of carbonyl (C=O) groups excluding carboxylic acids is 2. The molecule has 4 atom stereocenters. The van der Waals surface area contributed by atoms with Crippen molar-refractivity contribution < 1.29 is 19.5 Å². The molecule has 0 bridgehead atoms. The number of thioether (sulfide) groups is 1. The minimum absolute atomic E-state index is 0.0231. The van der Waals surface area contributed by atoms with Crippen molar-refractivity contribution in [2.75, 3.05) is 17.6 Å². The normalized spacial score (nSPS) is 22.8. The summed E-state index contributed by atoms with van der Waals surface area (Å²) in [6, 6.07) is -0.628. The molecule has 2 aliphatic heterocycles. The van der Waals surface area contributed by atoms with Crippen LogP contribution in [0.3, 0.4) is 0 Å². The Hall–Kier alpha value is -2.56. The van der Waals surface area contributed by atoms with Crippen LogP contribution in [0.4, 0.5) is 10.5 Å². The fourth-order valence-electron chi connectivity index (χ4n) is 4.17. The number of rotatable bonds is 13. The first-order valence-corrected chi connectivity index (χ1v) is 12.1. The molecule has 32 heavy (non-hydrogen) atoms. The van der Waals surface area contributed by atoms with Crippen molar-refractivity contribution in [2.45, 2.75) is 75.2 Å². The van der Waals surface area contributed by atoms with Crippen molar-refractivity contribution in [1.29, 1.82) is 0 Å². The summed E-state index contributed by atoms with van der Waals surface area (Å²) in [4.78, 5) is 57.5. The van der Waals surface area contributed by atoms with Gasteiger partial charge >= 0.3 is 12.0 Å². The fourth-order valence-corrected chi connectivity index (χ4v) is 5.72. The van der Waals surface area contributed by atoms with E-state index in [2.05, 4.69) is 21.3 Å². The number of urea groups is 1. The molecule has 2 aliphatic rings. The molecule has 2 heterocycles. The standard InChI is InChI=1S/C21H30N4O6S/c1-11-16(19(28)18(11)27)23-12(20(29)30)6-4-5-9-22-15(26)8-3-2-7-14-17-13(10-32-14)24-21(31)25-17/h12-14,17,23H,2-10H2,1H3,(H,22,26)(H,29,30)(H2,24,25,31). The topological polar surface area (TPSA) is 154 Å². The summed E-state index contributed by atoms with van der Waals surface area (Å²) in [7, 11) is 0. The number of hydrogen-bond donors (Lipinski definition) is 5. The van der Waals surface area contributed by atoms with E-state index >= 15 is 0 Å². The van der Waals surface area contributed by atoms with Crippen LogP contribution >= 0.6 is 11.8 Å². The molecule has 0 radical (unpaired) electrons. The molecule has 3 rings (SSSR count). The molecule has 2 fully saturated rings. The first kappa shape index (κ1) is 24.1. The lowest BCUT2D eigenvalue weighted by atomic mass is 10.0. The fraction of sp³-hybridized carbons (Fsp3) is 0.667. The van der Waals surface area contributed by atoms with Gasteiger partial charge in [0.2, 0.25) is 16.8 Å². The van der Waals surface area contributed by atoms with Crippen LogP contribution in [0.15, 0.2) is 9.59 Å². The highest BCUT2D eigenvalue weighted by Gasteiger charge is 2.42. The monoisotopic (exact) mass is 466 g/mol. The summed E-state index contributed by atoms with van der Waals surface area (Å²) in [6.07, 6.45) is 4.58. The summed E-state index contributed by atoms with van der Waals surface area (Å²) < 4.78 is 0. The Kier molecular flexibility index (Phi) is 8.16. The molecule has 5 N–H and O–H groups in total. The second-order valence-electron chi connectivity index (χ2n) is 8.41. The van der Waals surface area contributed by atoms with Crippen LogP contribution in [0.2, 0.25) is 0 Å². The van der Waals surface area contributed by atoms with Crippen molar-refractivity contribution >= 4 is 35.4 Å². The van der Waals surface area contributed by atoms with Crippen LogP contribution in [0.5, 0.6) is 0 Å². The van der Waals surface area contributed by atoms with E-state index < -0.39 is 22.9 Å². The number of fused-ring (bicyclic) bond motifs is 1. The Labute approximate surface area is 190 Å². The first-order chi connectivity index (χ1) is 15.3. The lowest BCUT2D eigenvalue weighted by Crippen LogP contribution is -2.41. The van der Waals surface area contributed by atoms with E-state index in [1.165, 1.54) is 6.92 Å². The molecule has 0 saturated carbocycles. The average Bonchev–Trinajstić information content (AvgIpc) is 3.31. The number of carboxylic acid groups (broad SMARTS) is 1. The van der Waals surface area contributed by atoms with Crippen molar-refractivity contribution in [3.8, 4) is 0 Å². The highest BCUT2D eigenvalue weighted by molar-refractivity contribution is 8.00. The van der Waals surface area contributed by atoms with E-state index in [1.807, 2.05) is 11.8 Å². The maximum atomic E-state index is 12.0. The molecule has 0 spiro atoms. The third kappa shape index (κ3) is 5.81. The Morgan fingerprint density at radius 2 is 1.91 bits per heavy atom. The lowest BCUT2D eigenvalue weighted by molar-refractivity contribution is -0.138. The second kappa shape index (κ2) is 10.8. The average molecular weight is 467 g/mol. The quantitative estimate of drug-likeness (QED) is 0.160. The van der Waals surface area contributed by atoms with Crippen molar-refractivity contribution in [1.82, 2.24) is 16.0 Å². The number of amides is 3. The van der Waals surface area contributed by atoms with Gasteiger partial charge < -0.3 is 26.4 Å². The third-order valence-corrected chi connectivity index (χ3v) is 7.60. The van der Waals surface area contributed by atoms with Crippen LogP contribution in [-0.2, 0) is 9.59 Å². The van der Waals surface area contributed by atoms with Crippen LogP contribution in [0.1, 0.15) is 50.5 Å². The van der Waals surface area contributed by atoms with Gasteiger partial charge in [0.25, 0.3) is 0 Å². The number of anilines is 1. The third-order valence-electron chi connectivity index (χ3n) is 6.09. The maximum Gasteiger partial charge on any atom is 0.326 e. The summed E-state index contributed by atoms with van der Waals surface area (Å²) in [5.74, 6) is -0.176. The molecule has 1 aromatic rings. The SMILES string of the molecule is Cc1c(NC(CCCCNC(=O)CCCCC2SCC3NC(=O)NC32)C(=O)O)c(=O)c1=O. The van der Waals surface area contributed by atoms with Gasteiger partial charge in [-0.05, 0) is 39.0 Å². The molecule has 176 valence electrons. The molecule has 2 saturated heterocycles. The molecule has 11 heteroatoms. The first-order valence-electron chi connectivity index (χ1n) is 11.0. The van der Waals surface area contributed by atoms with Crippen LogP contribution in [0.25, 0.3) is 0 Å². The molecule has 1 aromatic carbocycles. The zero-order valence-electron chi connectivity index (χ0n) is 18.1. The van der Waals surface area contributed by atoms with Crippen molar-refractivity contribution in [3.63, 3.8) is 0 Å². The molecule has 10 nitrogen and oxygen atoms in total. The van der Waals surface area contributed by atoms with Crippen LogP contribution in [0, 0.1) is 6.92 Å². The highest BCUT2D eigenvalue weighted by Crippen LogP contribution is 2.33. The van der Waals surface area contributed by atoms with Crippen LogP contribution in [-0.4, -0.2) is 58.7 Å². The smallest absolute Gasteiger partial charge is 0.326 e. The van der Waals surface area contributed by atoms with Gasteiger partial charge in [-0.1, -0.05) is 6.42 Å². The number of unbranched alkanes of at least 4 members (excludes halogenated alkanes) is 2. The Morgan fingerprint density at radius 3 is 2.62 bits per heavy atom. The van der Waals surface area contributed by atoms with Gasteiger partial charge in [0.05, 0.1) is 17.8 Å². The van der Waals surface area contributed by atoms with E-state index in [4.69, 9.17) is 0 Å². The van der Waals surface area contributed by atoms with Gasteiger partial charge in [-0.3, -0.25) is 14.4 Å². The summed E-state index contributed by atoms with van der Waals surface area (Å²) in [6.45, 7) is 1.96. The van der Waals surface area contributed by atoms with Gasteiger partial charge in [-0.25, -0.2) is 9.59 Å². The number of carbonyl (C=O) groups is 3. The minimum atomic E-state index is -1.08. The highest BCUT2D eigenvalue weighted by atomic mass is 32.2. The van der Waals surface area contributed by atoms with E-state index in [-0.39, 0.29) is 41.7 Å². The molecule has 0 aromatic heterocycles. The van der Waals surface area contributed by atoms with E-state index in [9.17, 15) is 29.1 Å². The number of hydrogen-bond acceptors (Lipinski definition) is 7. The number of nitrogens with one attached hydrogen (secondary N) is 4. The Balaban J connectivity index is 1.24. The molecular formula is C21H30N4O6S. The number of carboxylic acids is 1. The van der Waals surface area contributed by atoms with Crippen molar-refractivity contribution in [2.24, 2.45) is 0 Å². The predicted molar refractivity (Wildman–Crippen MR) is 122 cm³/mol. The predicted octanol–water partition coefficient (Wildman–Crippen LogP) is 0.468. The lowest BCUT2D eigenvalue weighted by Gasteiger charge is -2.17. The minimum Gasteiger partial charge on any atom is -0.480 e. The number of aliphatic carboxylic acids is 1. The largest absolute Gasteiger partial charge is 0.480 e. The zero-order valence-corrected chi connectivity index (χ0v) is 18.9. The summed E-state index contributed by atoms with van der Waals surface area (Å²) >= 11 is 1.86. The van der Waals surface area contributed by atoms with E-state index in [0.29, 0.717) is 31.1 Å². The molecular weight excluding hydrogens is 436 g/mol. The zero-order chi connectivity index (χ0) is 23.3. The van der Waals surface area contributed by atoms with Gasteiger partial charge in [-0.15, -0.1) is 0 Å². The Morgan fingerprint density at radius 1 is 1.12 bits per heavy atom. The van der Waals surface area contributed by atoms with E-state index in [1.54, 1.807) is 0 Å². The van der Waals surface area contributed by atoms with Gasteiger partial charge in [0.1, 0.15) is 6.04 Å². The molecule has 0 aliphatic carbocycles. The molecule has 4 unspecified atom stereocenters. The Bertz CT molecular complexity index is 928. The molecule has 3 amide bonds. The maximum absolute atomic E-state index is 12.0. The second-order valence-corrected chi connectivity index (χ2v) is 9.68. The van der Waals surface area contributed by atoms with Gasteiger partial charge in [0.15, 0.2) is 0 Å². The van der Waals surface area contributed by atoms with Gasteiger partial charge in [-0.2, -0.15) is 11.8 Å². The van der Waals surface area contributed by atoms with E-state index in [0.717, 1.165) is 25.0 Å². The van der Waals surface area contributed by atoms with Crippen molar-refractivity contribution in [3.05, 3.63) is 26.0 Å².